The summed E-state index contributed by atoms with van der Waals surface area (Å²) in [7, 11) is 0. The molecule has 0 heterocycles. The molecule has 0 radical (unpaired) electrons. The van der Waals surface area contributed by atoms with Gasteiger partial charge in [0, 0.05) is 27.9 Å². The Morgan fingerprint density at radius 1 is 0.450 bits per heavy atom. The fraction of sp³-hybridized carbons (Fsp3) is 0.232. The number of halogens is 6. The Morgan fingerprint density at radius 2 is 0.835 bits per heavy atom. The van der Waals surface area contributed by atoms with E-state index in [9.17, 15) is 9.59 Å². The number of alkyl halides is 6. The van der Waals surface area contributed by atoms with Crippen LogP contribution in [0.15, 0.2) is 249 Å². The zero-order valence-corrected chi connectivity index (χ0v) is 62.5. The van der Waals surface area contributed by atoms with E-state index < -0.39 is 51.7 Å². The van der Waals surface area contributed by atoms with Crippen LogP contribution in [0.5, 0.6) is 0 Å². The maximum absolute atomic E-state index is 16.8. The van der Waals surface area contributed by atoms with E-state index in [0.717, 1.165) is 123 Å². The fourth-order valence-corrected chi connectivity index (χ4v) is 18.9. The third kappa shape index (κ3) is 10.8. The maximum atomic E-state index is 16.8. The second-order valence-corrected chi connectivity index (χ2v) is 32.9. The molecule has 3 atom stereocenters. The highest BCUT2D eigenvalue weighted by molar-refractivity contribution is 6.26. The van der Waals surface area contributed by atoms with Crippen molar-refractivity contribution in [1.82, 2.24) is 0 Å². The minimum Gasteiger partial charge on any atom is -0.462 e. The highest BCUT2D eigenvalue weighted by Gasteiger charge is 2.75. The first-order valence-corrected chi connectivity index (χ1v) is 37.5. The molecule has 0 saturated carbocycles. The Hall–Kier alpha value is -11.1. The van der Waals surface area contributed by atoms with Gasteiger partial charge in [0.1, 0.15) is 0 Å². The van der Waals surface area contributed by atoms with Crippen LogP contribution >= 0.6 is 0 Å². The summed E-state index contributed by atoms with van der Waals surface area (Å²) in [6.45, 7) is 33.2. The van der Waals surface area contributed by atoms with Gasteiger partial charge in [0.2, 0.25) is 5.41 Å². The van der Waals surface area contributed by atoms with Gasteiger partial charge in [0.15, 0.2) is 0 Å². The highest BCUT2D eigenvalue weighted by atomic mass is 19.4. The molecular formula is C99H82F6O4. The number of carbonyl (C=O) groups excluding carboxylic acids is 2. The molecule has 12 aromatic carbocycles. The number of benzene rings is 12. The topological polar surface area (TPSA) is 52.6 Å². The monoisotopic (exact) mass is 1450 g/mol. The van der Waals surface area contributed by atoms with Crippen LogP contribution in [0.1, 0.15) is 143 Å². The number of esters is 2. The summed E-state index contributed by atoms with van der Waals surface area (Å²) in [4.78, 5) is 25.6. The van der Waals surface area contributed by atoms with Crippen LogP contribution < -0.4 is 0 Å². The van der Waals surface area contributed by atoms with E-state index in [1.165, 1.54) is 45.2 Å². The number of ether oxygens (including phenoxy) is 2. The lowest BCUT2D eigenvalue weighted by molar-refractivity contribution is -0.287. The molecule has 0 bridgehead atoms. The molecule has 3 unspecified atom stereocenters. The lowest BCUT2D eigenvalue weighted by atomic mass is 9.71. The lowest BCUT2D eigenvalue weighted by Gasteiger charge is -2.36. The van der Waals surface area contributed by atoms with E-state index in [4.69, 9.17) is 9.47 Å². The molecule has 0 aromatic heterocycles. The van der Waals surface area contributed by atoms with Crippen molar-refractivity contribution >= 4 is 61.1 Å². The number of allylic oxidation sites excluding steroid dienone is 5. The third-order valence-corrected chi connectivity index (χ3v) is 24.5. The summed E-state index contributed by atoms with van der Waals surface area (Å²) in [5.41, 5.74) is 10.3. The molecule has 0 saturated heterocycles. The summed E-state index contributed by atoms with van der Waals surface area (Å²) in [6.07, 6.45) is 1.36. The van der Waals surface area contributed by atoms with Crippen molar-refractivity contribution in [2.45, 2.75) is 127 Å². The van der Waals surface area contributed by atoms with Crippen LogP contribution in [-0.2, 0) is 47.1 Å². The molecule has 0 spiro atoms. The summed E-state index contributed by atoms with van der Waals surface area (Å²) < 4.78 is 112. The van der Waals surface area contributed by atoms with E-state index >= 15 is 26.3 Å². The fourth-order valence-electron chi connectivity index (χ4n) is 18.9. The van der Waals surface area contributed by atoms with Crippen molar-refractivity contribution < 1.29 is 45.4 Å². The molecule has 10 heteroatoms. The average molecular weight is 1450 g/mol. The Balaban J connectivity index is 0.748. The first kappa shape index (κ1) is 70.9. The van der Waals surface area contributed by atoms with Crippen molar-refractivity contribution in [3.05, 3.63) is 305 Å². The Bertz CT molecular complexity index is 6040. The first-order chi connectivity index (χ1) is 51.9. The number of hydrogen-bond acceptors (Lipinski definition) is 4. The molecule has 0 fully saturated rings. The Kier molecular flexibility index (Phi) is 16.2. The van der Waals surface area contributed by atoms with Gasteiger partial charge in [-0.2, -0.15) is 26.3 Å². The minimum atomic E-state index is -5.88. The predicted molar refractivity (Wildman–Crippen MR) is 432 cm³/mol. The smallest absolute Gasteiger partial charge is 0.411 e. The van der Waals surface area contributed by atoms with E-state index in [2.05, 4.69) is 195 Å². The Morgan fingerprint density at radius 3 is 1.28 bits per heavy atom. The molecule has 0 N–H and O–H groups in total. The van der Waals surface area contributed by atoms with Crippen molar-refractivity contribution in [1.29, 1.82) is 0 Å². The molecule has 0 aliphatic heterocycles. The van der Waals surface area contributed by atoms with Gasteiger partial charge in [-0.1, -0.05) is 236 Å². The maximum Gasteiger partial charge on any atom is 0.411 e. The molecule has 5 aliphatic rings. The molecule has 4 nitrogen and oxygen atoms in total. The summed E-state index contributed by atoms with van der Waals surface area (Å²) in [5, 5.41) is 9.24. The van der Waals surface area contributed by atoms with Crippen molar-refractivity contribution in [2.75, 3.05) is 13.2 Å². The van der Waals surface area contributed by atoms with E-state index in [1.807, 2.05) is 36.4 Å². The first-order valence-electron chi connectivity index (χ1n) is 37.5. The van der Waals surface area contributed by atoms with Gasteiger partial charge in [-0.05, 0) is 270 Å². The second kappa shape index (κ2) is 25.0. The molecule has 12 aromatic rings. The molecule has 17 rings (SSSR count). The molecule has 0 amide bonds. The zero-order valence-electron chi connectivity index (χ0n) is 62.5. The molecule has 544 valence electrons. The van der Waals surface area contributed by atoms with Gasteiger partial charge in [0.05, 0.1) is 13.2 Å². The lowest BCUT2D eigenvalue weighted by Crippen LogP contribution is -2.53. The van der Waals surface area contributed by atoms with Gasteiger partial charge >= 0.3 is 24.3 Å². The molecule has 109 heavy (non-hydrogen) atoms. The van der Waals surface area contributed by atoms with Crippen LogP contribution in [0.3, 0.4) is 0 Å². The van der Waals surface area contributed by atoms with Gasteiger partial charge in [-0.25, -0.2) is 9.59 Å². The highest BCUT2D eigenvalue weighted by Crippen LogP contribution is 2.65. The largest absolute Gasteiger partial charge is 0.462 e. The second-order valence-electron chi connectivity index (χ2n) is 32.9. The Labute approximate surface area is 631 Å². The number of rotatable bonds is 16. The van der Waals surface area contributed by atoms with Gasteiger partial charge < -0.3 is 9.47 Å². The number of fused-ring (bicyclic) bond motifs is 9. The van der Waals surface area contributed by atoms with Gasteiger partial charge in [-0.15, -0.1) is 13.2 Å². The number of hydrogen-bond donors (Lipinski definition) is 0. The van der Waals surface area contributed by atoms with Crippen molar-refractivity contribution in [2.24, 2.45) is 5.41 Å². The standard InChI is InChI=1S/C99H82F6O4/c1-13-95(41-15-43-108-91(106)55(3)4)81-49-59(23-33-73(81)75-37-27-63(53-83(75)95)71-31-21-57-17-19-65-45-69(93(7,8)9)47-67-29-39-79(71)89(57)87(65)67)61-25-35-77-78-36-26-62(52-86(78)97(85(77)51-61,98(100,101)102)99(103,104)105)60-24-34-74-76-38-28-64(54-84(76)96(14-2,82(74)50-60)42-16-44-109-92(107)56(5)6)72-32-22-58-18-20-66-46-70(94(10,11)12)48-68-30-40-80(72)90(58)88(66)68/h13-14,17-40,45,47-54,68H,1-3,5,15-16,41-44,46H2,4,6-12H3. The molecule has 5 aliphatic carbocycles. The summed E-state index contributed by atoms with van der Waals surface area (Å²) >= 11 is 0. The van der Waals surface area contributed by atoms with Crippen LogP contribution in [0.4, 0.5) is 26.3 Å². The summed E-state index contributed by atoms with van der Waals surface area (Å²) in [6, 6.07) is 58.6. The predicted octanol–water partition coefficient (Wildman–Crippen LogP) is 26.4. The SMILES string of the molecule is C=CC1(CCCOC(=O)C(=C)C)c2cc(-c3ccc4c(c3)C(C(F)(F)F)(C(F)(F)F)c3cc(-c5ccc6c(c5)C(C=C)(CCCOC(=O)C(=C)C)c5cc(-c7ccc8ccc9cc(C(C)(C)C)cc%10ccc7c8c9%10)ccc5-6)ccc3-4)ccc2-c2ccc(-c3ccc4ccc5c6c4c3C=CC6C=C(C(C)(C)C)C5)cc21. The summed E-state index contributed by atoms with van der Waals surface area (Å²) in [5.74, 6) is -0.920. The van der Waals surface area contributed by atoms with Gasteiger partial charge in [0.25, 0.3) is 0 Å². The quantitative estimate of drug-likeness (QED) is 0.0242. The van der Waals surface area contributed by atoms with Crippen LogP contribution in [-0.4, -0.2) is 37.5 Å². The van der Waals surface area contributed by atoms with Crippen LogP contribution in [0.25, 0.3) is 127 Å². The minimum absolute atomic E-state index is 0.0155. The zero-order chi connectivity index (χ0) is 76.6. The van der Waals surface area contributed by atoms with Crippen molar-refractivity contribution in [3.8, 4) is 77.9 Å². The third-order valence-electron chi connectivity index (χ3n) is 24.5. The van der Waals surface area contributed by atoms with Crippen LogP contribution in [0, 0.1) is 5.41 Å². The molecular weight excluding hydrogens is 1370 g/mol. The van der Waals surface area contributed by atoms with E-state index in [1.54, 1.807) is 38.1 Å². The van der Waals surface area contributed by atoms with Gasteiger partial charge in [-0.3, -0.25) is 0 Å². The van der Waals surface area contributed by atoms with Crippen molar-refractivity contribution in [3.63, 3.8) is 0 Å². The average Bonchev–Trinajstić information content (AvgIpc) is 1.53. The van der Waals surface area contributed by atoms with Crippen LogP contribution in [0.2, 0.25) is 0 Å². The number of carbonyl (C=O) groups is 2. The normalized spacial score (nSPS) is 17.7. The van der Waals surface area contributed by atoms with E-state index in [-0.39, 0.29) is 63.4 Å². The van der Waals surface area contributed by atoms with E-state index in [0.29, 0.717) is 36.8 Å².